The number of hydrogen-bond acceptors (Lipinski definition) is 0. The molecule has 1 aliphatic carbocycles. The molecule has 0 fully saturated rings. The Labute approximate surface area is 372 Å². The molecular formula is C62H42N2. The van der Waals surface area contributed by atoms with Crippen molar-refractivity contribution in [3.8, 4) is 67.0 Å². The lowest BCUT2D eigenvalue weighted by molar-refractivity contribution is 0.966. The highest BCUT2D eigenvalue weighted by atomic mass is 15.0. The molecule has 2 heteroatoms. The quantitative estimate of drug-likeness (QED) is 0.152. The highest BCUT2D eigenvalue weighted by molar-refractivity contribution is 6.16. The number of rotatable bonds is 7. The van der Waals surface area contributed by atoms with Crippen molar-refractivity contribution in [2.45, 2.75) is 12.8 Å². The van der Waals surface area contributed by atoms with Crippen LogP contribution < -0.4 is 0 Å². The molecule has 2 aromatic heterocycles. The lowest BCUT2D eigenvalue weighted by Crippen LogP contribution is -2.02. The van der Waals surface area contributed by atoms with Crippen LogP contribution in [0.15, 0.2) is 231 Å². The van der Waals surface area contributed by atoms with Crippen LogP contribution in [0.5, 0.6) is 0 Å². The molecule has 0 atom stereocenters. The fraction of sp³-hybridized carbons (Fsp3) is 0.0323. The van der Waals surface area contributed by atoms with Gasteiger partial charge >= 0.3 is 0 Å². The van der Waals surface area contributed by atoms with Crippen LogP contribution in [0.25, 0.3) is 111 Å². The number of nitrogens with zero attached hydrogens (tertiary/aromatic N) is 2. The van der Waals surface area contributed by atoms with Gasteiger partial charge in [0.25, 0.3) is 0 Å². The van der Waals surface area contributed by atoms with Crippen molar-refractivity contribution in [3.05, 3.63) is 242 Å². The van der Waals surface area contributed by atoms with Crippen molar-refractivity contribution >= 4 is 43.6 Å². The van der Waals surface area contributed by atoms with E-state index in [2.05, 4.69) is 240 Å². The minimum absolute atomic E-state index is 0.968. The maximum Gasteiger partial charge on any atom is 0.0564 e. The van der Waals surface area contributed by atoms with Gasteiger partial charge in [0.15, 0.2) is 0 Å². The molecule has 0 unspecified atom stereocenters. The zero-order valence-electron chi connectivity index (χ0n) is 35.2. The molecule has 10 aromatic carbocycles. The topological polar surface area (TPSA) is 9.86 Å². The molecule has 0 radical (unpaired) electrons. The number of hydrogen-bond donors (Lipinski definition) is 0. The van der Waals surface area contributed by atoms with Crippen molar-refractivity contribution in [1.29, 1.82) is 0 Å². The Balaban J connectivity index is 1.14. The van der Waals surface area contributed by atoms with Crippen molar-refractivity contribution in [2.24, 2.45) is 0 Å². The number of para-hydroxylation sites is 2. The summed E-state index contributed by atoms with van der Waals surface area (Å²) in [6, 6.07) is 85.2. The van der Waals surface area contributed by atoms with Crippen LogP contribution in [0.4, 0.5) is 0 Å². The summed E-state index contributed by atoms with van der Waals surface area (Å²) in [5.41, 5.74) is 22.2. The van der Waals surface area contributed by atoms with Gasteiger partial charge in [0, 0.05) is 32.9 Å². The van der Waals surface area contributed by atoms with Crippen LogP contribution in [-0.4, -0.2) is 9.13 Å². The predicted molar refractivity (Wildman–Crippen MR) is 270 cm³/mol. The first-order valence-electron chi connectivity index (χ1n) is 22.4. The zero-order chi connectivity index (χ0) is 42.1. The van der Waals surface area contributed by atoms with E-state index in [0.29, 0.717) is 0 Å². The van der Waals surface area contributed by atoms with Gasteiger partial charge < -0.3 is 9.13 Å². The summed E-state index contributed by atoms with van der Waals surface area (Å²) in [4.78, 5) is 0. The van der Waals surface area contributed by atoms with Crippen LogP contribution in [0.1, 0.15) is 11.1 Å². The first-order chi connectivity index (χ1) is 31.7. The minimum Gasteiger partial charge on any atom is -0.309 e. The maximum absolute atomic E-state index is 2.59. The van der Waals surface area contributed by atoms with Gasteiger partial charge in [0.05, 0.1) is 22.1 Å². The standard InChI is InChI=1S/C62H42N2/c1-5-17-41(18-6-1)47-32-48(42-19-7-2-8-20-42)34-49(33-47)52-31-45-29-30-46-36-54(63-57-27-15-13-25-55(57)56-26-14-16-28-58(56)63)40-60-62(46)61(45)59(39-52)64(60)53-37-50(43-21-9-3-10-22-43)35-51(38-53)44-23-11-4-12-24-44/h1-28,31-40H,29-30H2. The van der Waals surface area contributed by atoms with Crippen LogP contribution in [0.3, 0.4) is 0 Å². The lowest BCUT2D eigenvalue weighted by Gasteiger charge is -2.17. The average molecular weight is 815 g/mol. The number of fused-ring (bicyclic) bond motifs is 3. The largest absolute Gasteiger partial charge is 0.309 e. The lowest BCUT2D eigenvalue weighted by atomic mass is 9.87. The van der Waals surface area contributed by atoms with E-state index in [1.54, 1.807) is 0 Å². The molecule has 2 heterocycles. The SMILES string of the molecule is c1ccc(-c2cc(-c3ccccc3)cc(-c3cc4c5c6c(cc(-n7c8ccccc8c8ccccc87)cc6n(-c6cc(-c7ccccc7)cc(-c7ccccc7)c6)c5c3)CC4)c2)cc1. The number of aromatic nitrogens is 2. The van der Waals surface area contributed by atoms with Crippen molar-refractivity contribution in [2.75, 3.05) is 0 Å². The predicted octanol–water partition coefficient (Wildman–Crippen LogP) is 16.3. The normalized spacial score (nSPS) is 12.2. The Morgan fingerprint density at radius 2 is 0.562 bits per heavy atom. The number of benzene rings is 10. The van der Waals surface area contributed by atoms with E-state index < -0.39 is 0 Å². The molecule has 0 N–H and O–H groups in total. The summed E-state index contributed by atoms with van der Waals surface area (Å²) in [7, 11) is 0. The van der Waals surface area contributed by atoms with Gasteiger partial charge in [-0.05, 0) is 146 Å². The molecule has 13 rings (SSSR count). The van der Waals surface area contributed by atoms with E-state index in [0.717, 1.165) is 18.5 Å². The smallest absolute Gasteiger partial charge is 0.0564 e. The van der Waals surface area contributed by atoms with Crippen molar-refractivity contribution < 1.29 is 0 Å². The second-order valence-electron chi connectivity index (χ2n) is 17.3. The molecule has 0 saturated heterocycles. The zero-order valence-corrected chi connectivity index (χ0v) is 35.2. The summed E-state index contributed by atoms with van der Waals surface area (Å²) in [5, 5.41) is 5.27. The third-order valence-corrected chi connectivity index (χ3v) is 13.5. The van der Waals surface area contributed by atoms with Gasteiger partial charge in [-0.3, -0.25) is 0 Å². The van der Waals surface area contributed by atoms with Gasteiger partial charge in [0.1, 0.15) is 0 Å². The van der Waals surface area contributed by atoms with Crippen LogP contribution in [0.2, 0.25) is 0 Å². The van der Waals surface area contributed by atoms with Gasteiger partial charge in [0.2, 0.25) is 0 Å². The number of aryl methyl sites for hydroxylation is 2. The summed E-state index contributed by atoms with van der Waals surface area (Å²) in [6.07, 6.45) is 1.94. The second-order valence-corrected chi connectivity index (χ2v) is 17.3. The molecule has 300 valence electrons. The third kappa shape index (κ3) is 5.95. The molecule has 1 aliphatic rings. The van der Waals surface area contributed by atoms with Gasteiger partial charge in [-0.25, -0.2) is 0 Å². The molecule has 2 nitrogen and oxygen atoms in total. The minimum atomic E-state index is 0.968. The summed E-state index contributed by atoms with van der Waals surface area (Å²) in [6.45, 7) is 0. The summed E-state index contributed by atoms with van der Waals surface area (Å²) in [5.74, 6) is 0. The Bertz CT molecular complexity index is 3580. The molecule has 0 bridgehead atoms. The van der Waals surface area contributed by atoms with E-state index in [1.165, 1.54) is 116 Å². The molecule has 12 aromatic rings. The Hall–Kier alpha value is -8.20. The molecule has 64 heavy (non-hydrogen) atoms. The van der Waals surface area contributed by atoms with E-state index >= 15 is 0 Å². The monoisotopic (exact) mass is 814 g/mol. The molecule has 0 spiro atoms. The highest BCUT2D eigenvalue weighted by Gasteiger charge is 2.26. The fourth-order valence-corrected chi connectivity index (χ4v) is 10.6. The van der Waals surface area contributed by atoms with E-state index in [-0.39, 0.29) is 0 Å². The molecule has 0 saturated carbocycles. The second kappa shape index (κ2) is 14.7. The van der Waals surface area contributed by atoms with Crippen LogP contribution in [-0.2, 0) is 12.8 Å². The van der Waals surface area contributed by atoms with Crippen molar-refractivity contribution in [3.63, 3.8) is 0 Å². The molecular weight excluding hydrogens is 773 g/mol. The molecule has 0 aliphatic heterocycles. The van der Waals surface area contributed by atoms with Crippen LogP contribution in [0, 0.1) is 0 Å². The highest BCUT2D eigenvalue weighted by Crippen LogP contribution is 2.46. The average Bonchev–Trinajstić information content (AvgIpc) is 3.89. The van der Waals surface area contributed by atoms with Crippen molar-refractivity contribution in [1.82, 2.24) is 9.13 Å². The first-order valence-corrected chi connectivity index (χ1v) is 22.4. The van der Waals surface area contributed by atoms with Crippen LogP contribution >= 0.6 is 0 Å². The van der Waals surface area contributed by atoms with Gasteiger partial charge in [-0.2, -0.15) is 0 Å². The Kier molecular flexibility index (Phi) is 8.39. The Morgan fingerprint density at radius 1 is 0.234 bits per heavy atom. The van der Waals surface area contributed by atoms with E-state index in [1.807, 2.05) is 0 Å². The van der Waals surface area contributed by atoms with E-state index in [9.17, 15) is 0 Å². The third-order valence-electron chi connectivity index (χ3n) is 13.5. The van der Waals surface area contributed by atoms with Gasteiger partial charge in [-0.1, -0.05) is 164 Å². The molecule has 0 amide bonds. The first kappa shape index (κ1) is 36.5. The fourth-order valence-electron chi connectivity index (χ4n) is 10.6. The summed E-state index contributed by atoms with van der Waals surface area (Å²) >= 11 is 0. The van der Waals surface area contributed by atoms with E-state index in [4.69, 9.17) is 0 Å². The Morgan fingerprint density at radius 3 is 1.03 bits per heavy atom. The van der Waals surface area contributed by atoms with Gasteiger partial charge in [-0.15, -0.1) is 0 Å². The maximum atomic E-state index is 2.59. The summed E-state index contributed by atoms with van der Waals surface area (Å²) < 4.78 is 5.07.